The van der Waals surface area contributed by atoms with Gasteiger partial charge in [0, 0.05) is 17.3 Å². The minimum Gasteiger partial charge on any atom is -0.395 e. The molecule has 1 rings (SSSR count). The monoisotopic (exact) mass is 161 g/mol. The topological polar surface area (TPSA) is 64.9 Å². The van der Waals surface area contributed by atoms with E-state index in [1.54, 1.807) is 18.3 Å². The van der Waals surface area contributed by atoms with Gasteiger partial charge in [0.05, 0.1) is 5.69 Å². The molecule has 4 N–H and O–H groups in total. The van der Waals surface area contributed by atoms with Crippen molar-refractivity contribution in [3.8, 4) is 0 Å². The summed E-state index contributed by atoms with van der Waals surface area (Å²) < 4.78 is 0. The summed E-state index contributed by atoms with van der Waals surface area (Å²) in [5.41, 5.74) is 13.3. The Labute approximate surface area is 71.4 Å². The van der Waals surface area contributed by atoms with Gasteiger partial charge >= 0.3 is 0 Å². The summed E-state index contributed by atoms with van der Waals surface area (Å²) in [6.07, 6.45) is 4.93. The Kier molecular flexibility index (Phi) is 2.14. The lowest BCUT2D eigenvalue weighted by molar-refractivity contribution is 1.32. The van der Waals surface area contributed by atoms with Crippen molar-refractivity contribution in [3.05, 3.63) is 30.5 Å². The average molecular weight is 161 g/mol. The number of hydrogen-bond donors (Lipinski definition) is 2. The molecule has 1 aromatic rings. The molecule has 0 saturated heterocycles. The molecule has 0 fully saturated rings. The molecule has 0 aliphatic rings. The predicted molar refractivity (Wildman–Crippen MR) is 53.2 cm³/mol. The van der Waals surface area contributed by atoms with E-state index >= 15 is 0 Å². The molecule has 0 saturated carbocycles. The quantitative estimate of drug-likeness (QED) is 0.691. The molecule has 0 bridgehead atoms. The first-order valence-electron chi connectivity index (χ1n) is 3.49. The lowest BCUT2D eigenvalue weighted by Crippen LogP contribution is -2.01. The van der Waals surface area contributed by atoms with Gasteiger partial charge in [-0.05, 0) is 0 Å². The van der Waals surface area contributed by atoms with E-state index in [-0.39, 0.29) is 0 Å². The zero-order valence-electron chi connectivity index (χ0n) is 6.75. The molecule has 1 aromatic heterocycles. The number of nitrogens with zero attached hydrogens (tertiary/aromatic N) is 1. The highest BCUT2D eigenvalue weighted by atomic mass is 14.9. The van der Waals surface area contributed by atoms with Crippen LogP contribution in [0.3, 0.4) is 0 Å². The minimum atomic E-state index is 0.329. The molecule has 3 heteroatoms. The number of nitrogen functional groups attached to an aromatic ring is 2. The van der Waals surface area contributed by atoms with E-state index in [0.717, 1.165) is 11.1 Å². The Morgan fingerprint density at radius 1 is 1.25 bits per heavy atom. The third kappa shape index (κ3) is 1.16. The summed E-state index contributed by atoms with van der Waals surface area (Å²) in [5.74, 6) is 0.329. The van der Waals surface area contributed by atoms with Gasteiger partial charge < -0.3 is 11.5 Å². The molecule has 0 aromatic carbocycles. The lowest BCUT2D eigenvalue weighted by atomic mass is 10.1. The third-order valence-electron chi connectivity index (χ3n) is 1.64. The second-order valence-electron chi connectivity index (χ2n) is 2.33. The molecule has 0 aliphatic heterocycles. The summed E-state index contributed by atoms with van der Waals surface area (Å²) >= 11 is 0. The molecule has 1 heterocycles. The Morgan fingerprint density at radius 2 is 1.92 bits per heavy atom. The molecule has 62 valence electrons. The fourth-order valence-corrected chi connectivity index (χ4v) is 0.962. The van der Waals surface area contributed by atoms with E-state index in [4.69, 9.17) is 11.5 Å². The Bertz CT molecular complexity index is 329. The summed E-state index contributed by atoms with van der Waals surface area (Å²) in [7, 11) is 0. The first-order valence-corrected chi connectivity index (χ1v) is 3.49. The number of anilines is 2. The minimum absolute atomic E-state index is 0.329. The maximum absolute atomic E-state index is 5.66. The largest absolute Gasteiger partial charge is 0.395 e. The Morgan fingerprint density at radius 3 is 2.42 bits per heavy atom. The van der Waals surface area contributed by atoms with Crippen molar-refractivity contribution in [1.29, 1.82) is 0 Å². The zero-order chi connectivity index (χ0) is 9.14. The summed E-state index contributed by atoms with van der Waals surface area (Å²) in [6.45, 7) is 7.26. The van der Waals surface area contributed by atoms with Crippen molar-refractivity contribution in [3.63, 3.8) is 0 Å². The van der Waals surface area contributed by atoms with Gasteiger partial charge in [-0.1, -0.05) is 25.3 Å². The third-order valence-corrected chi connectivity index (χ3v) is 1.64. The summed E-state index contributed by atoms with van der Waals surface area (Å²) in [6, 6.07) is 0. The van der Waals surface area contributed by atoms with E-state index in [9.17, 15) is 0 Å². The van der Waals surface area contributed by atoms with E-state index < -0.39 is 0 Å². The summed E-state index contributed by atoms with van der Waals surface area (Å²) in [5, 5.41) is 0. The van der Waals surface area contributed by atoms with Crippen LogP contribution in [0, 0.1) is 0 Å². The SMILES string of the molecule is C=Cc1cnc(N)c(N)c1C=C. The Hall–Kier alpha value is -1.77. The van der Waals surface area contributed by atoms with Crippen LogP contribution in [0.15, 0.2) is 19.4 Å². The number of hydrogen-bond acceptors (Lipinski definition) is 3. The molecule has 0 unspecified atom stereocenters. The second-order valence-corrected chi connectivity index (χ2v) is 2.33. The van der Waals surface area contributed by atoms with Gasteiger partial charge in [-0.15, -0.1) is 0 Å². The standard InChI is InChI=1S/C9H11N3/c1-3-6-5-12-9(11)8(10)7(6)4-2/h3-5H,1-2,10H2,(H2,11,12). The highest BCUT2D eigenvalue weighted by Gasteiger charge is 2.04. The van der Waals surface area contributed by atoms with Gasteiger partial charge in [0.1, 0.15) is 5.82 Å². The van der Waals surface area contributed by atoms with Crippen LogP contribution in [-0.4, -0.2) is 4.98 Å². The molecular weight excluding hydrogens is 150 g/mol. The normalized spacial score (nSPS) is 9.33. The molecule has 3 nitrogen and oxygen atoms in total. The van der Waals surface area contributed by atoms with Gasteiger partial charge in [-0.25, -0.2) is 4.98 Å². The van der Waals surface area contributed by atoms with Crippen LogP contribution in [0.25, 0.3) is 12.2 Å². The van der Waals surface area contributed by atoms with E-state index in [0.29, 0.717) is 11.5 Å². The van der Waals surface area contributed by atoms with E-state index in [1.165, 1.54) is 0 Å². The fourth-order valence-electron chi connectivity index (χ4n) is 0.962. The second kappa shape index (κ2) is 3.09. The first kappa shape index (κ1) is 8.33. The van der Waals surface area contributed by atoms with Crippen LogP contribution in [-0.2, 0) is 0 Å². The fraction of sp³-hybridized carbons (Fsp3) is 0. The first-order chi connectivity index (χ1) is 5.70. The maximum atomic E-state index is 5.66. The molecule has 12 heavy (non-hydrogen) atoms. The van der Waals surface area contributed by atoms with Crippen molar-refractivity contribution in [2.45, 2.75) is 0 Å². The van der Waals surface area contributed by atoms with Gasteiger partial charge in [0.25, 0.3) is 0 Å². The lowest BCUT2D eigenvalue weighted by Gasteiger charge is -2.06. The van der Waals surface area contributed by atoms with Crippen LogP contribution in [0.5, 0.6) is 0 Å². The van der Waals surface area contributed by atoms with Crippen LogP contribution >= 0.6 is 0 Å². The highest BCUT2D eigenvalue weighted by Crippen LogP contribution is 2.22. The molecular formula is C9H11N3. The molecule has 0 amide bonds. The summed E-state index contributed by atoms with van der Waals surface area (Å²) in [4.78, 5) is 3.89. The van der Waals surface area contributed by atoms with Gasteiger partial charge in [0.15, 0.2) is 0 Å². The van der Waals surface area contributed by atoms with Crippen LogP contribution < -0.4 is 11.5 Å². The molecule has 0 spiro atoms. The van der Waals surface area contributed by atoms with Crippen molar-refractivity contribution < 1.29 is 0 Å². The Balaban J connectivity index is 3.45. The number of pyridine rings is 1. The van der Waals surface area contributed by atoms with Crippen molar-refractivity contribution in [1.82, 2.24) is 4.98 Å². The molecule has 0 radical (unpaired) electrons. The smallest absolute Gasteiger partial charge is 0.147 e. The number of rotatable bonds is 2. The van der Waals surface area contributed by atoms with Gasteiger partial charge in [-0.3, -0.25) is 0 Å². The maximum Gasteiger partial charge on any atom is 0.147 e. The van der Waals surface area contributed by atoms with E-state index in [1.807, 2.05) is 0 Å². The molecule has 0 atom stereocenters. The number of nitrogens with two attached hydrogens (primary N) is 2. The van der Waals surface area contributed by atoms with Crippen LogP contribution in [0.4, 0.5) is 11.5 Å². The molecule has 0 aliphatic carbocycles. The van der Waals surface area contributed by atoms with Crippen LogP contribution in [0.2, 0.25) is 0 Å². The van der Waals surface area contributed by atoms with Crippen LogP contribution in [0.1, 0.15) is 11.1 Å². The van der Waals surface area contributed by atoms with E-state index in [2.05, 4.69) is 18.1 Å². The predicted octanol–water partition coefficient (Wildman–Crippen LogP) is 1.53. The zero-order valence-corrected chi connectivity index (χ0v) is 6.75. The van der Waals surface area contributed by atoms with Gasteiger partial charge in [0.2, 0.25) is 0 Å². The van der Waals surface area contributed by atoms with Crippen molar-refractivity contribution in [2.75, 3.05) is 11.5 Å². The van der Waals surface area contributed by atoms with Crippen molar-refractivity contribution in [2.24, 2.45) is 0 Å². The van der Waals surface area contributed by atoms with Gasteiger partial charge in [-0.2, -0.15) is 0 Å². The highest BCUT2D eigenvalue weighted by molar-refractivity contribution is 5.78. The average Bonchev–Trinajstić information content (AvgIpc) is 2.09. The van der Waals surface area contributed by atoms with Crippen molar-refractivity contribution >= 4 is 23.7 Å². The number of aromatic nitrogens is 1.